The second-order valence-electron chi connectivity index (χ2n) is 7.42. The SMILES string of the molecule is CCCC(CC)P(C1CCCCC1)C([N-]C(C)C)[N-]C(C)C.[Zr+2]. The van der Waals surface area contributed by atoms with Crippen LogP contribution in [-0.2, 0) is 26.2 Å². The minimum Gasteiger partial charge on any atom is -0.672 e. The Hall–Kier alpha value is 1.23. The summed E-state index contributed by atoms with van der Waals surface area (Å²) in [6.07, 6.45) is 11.2. The maximum atomic E-state index is 5.11. The molecule has 0 heterocycles. The van der Waals surface area contributed by atoms with E-state index in [9.17, 15) is 0 Å². The molecule has 0 aromatic carbocycles. The minimum absolute atomic E-state index is 0. The van der Waals surface area contributed by atoms with Crippen molar-refractivity contribution in [2.75, 3.05) is 0 Å². The van der Waals surface area contributed by atoms with Crippen LogP contribution in [0.4, 0.5) is 0 Å². The van der Waals surface area contributed by atoms with E-state index in [-0.39, 0.29) is 40.0 Å². The van der Waals surface area contributed by atoms with Crippen LogP contribution >= 0.6 is 7.92 Å². The number of nitrogens with zero attached hydrogens (tertiary/aromatic N) is 2. The molecule has 2 unspecified atom stereocenters. The van der Waals surface area contributed by atoms with Gasteiger partial charge < -0.3 is 10.6 Å². The first kappa shape index (κ1) is 24.2. The molecule has 1 rings (SSSR count). The number of rotatable bonds is 10. The second kappa shape index (κ2) is 13.4. The molecule has 0 spiro atoms. The second-order valence-corrected chi connectivity index (χ2v) is 10.2. The van der Waals surface area contributed by atoms with Crippen molar-refractivity contribution in [1.82, 2.24) is 0 Å². The van der Waals surface area contributed by atoms with Crippen molar-refractivity contribution in [2.24, 2.45) is 0 Å². The van der Waals surface area contributed by atoms with E-state index >= 15 is 0 Å². The largest absolute Gasteiger partial charge is 2.00 e. The molecule has 4 heteroatoms. The van der Waals surface area contributed by atoms with Gasteiger partial charge >= 0.3 is 26.2 Å². The van der Waals surface area contributed by atoms with E-state index in [1.165, 1.54) is 51.4 Å². The van der Waals surface area contributed by atoms with Crippen LogP contribution < -0.4 is 0 Å². The van der Waals surface area contributed by atoms with Gasteiger partial charge in [0.05, 0.1) is 0 Å². The molecule has 23 heavy (non-hydrogen) atoms. The average Bonchev–Trinajstić information content (AvgIpc) is 2.46. The van der Waals surface area contributed by atoms with Gasteiger partial charge in [-0.2, -0.15) is 0 Å². The van der Waals surface area contributed by atoms with E-state index in [4.69, 9.17) is 10.6 Å². The van der Waals surface area contributed by atoms with Gasteiger partial charge in [-0.1, -0.05) is 67.2 Å². The molecule has 2 atom stereocenters. The first-order chi connectivity index (χ1) is 10.5. The third-order valence-corrected chi connectivity index (χ3v) is 8.27. The Morgan fingerprint density at radius 1 is 0.913 bits per heavy atom. The molecule has 0 aliphatic heterocycles. The third kappa shape index (κ3) is 8.94. The fourth-order valence-corrected chi connectivity index (χ4v) is 7.81. The average molecular weight is 418 g/mol. The molecule has 2 nitrogen and oxygen atoms in total. The van der Waals surface area contributed by atoms with Gasteiger partial charge in [-0.05, 0) is 37.0 Å². The van der Waals surface area contributed by atoms with Gasteiger partial charge in [0.2, 0.25) is 0 Å². The van der Waals surface area contributed by atoms with Gasteiger partial charge in [0.1, 0.15) is 0 Å². The summed E-state index contributed by atoms with van der Waals surface area (Å²) < 4.78 is 0. The molecule has 0 aromatic rings. The predicted octanol–water partition coefficient (Wildman–Crippen LogP) is 7.23. The minimum atomic E-state index is -0.110. The smallest absolute Gasteiger partial charge is 0.672 e. The summed E-state index contributed by atoms with van der Waals surface area (Å²) in [6.45, 7) is 13.6. The van der Waals surface area contributed by atoms with Gasteiger partial charge in [0.25, 0.3) is 0 Å². The van der Waals surface area contributed by atoms with Crippen molar-refractivity contribution in [3.63, 3.8) is 0 Å². The van der Waals surface area contributed by atoms with E-state index in [2.05, 4.69) is 41.5 Å². The molecule has 0 radical (unpaired) electrons. The Morgan fingerprint density at radius 3 is 1.83 bits per heavy atom. The maximum Gasteiger partial charge on any atom is 2.00 e. The van der Waals surface area contributed by atoms with Crippen LogP contribution in [0.25, 0.3) is 10.6 Å². The predicted molar refractivity (Wildman–Crippen MR) is 104 cm³/mol. The van der Waals surface area contributed by atoms with Crippen LogP contribution in [-0.4, -0.2) is 29.3 Å². The molecular weight excluding hydrogens is 378 g/mol. The number of hydrogen-bond acceptors (Lipinski definition) is 0. The van der Waals surface area contributed by atoms with Crippen molar-refractivity contribution in [2.45, 2.75) is 122 Å². The topological polar surface area (TPSA) is 28.2 Å². The summed E-state index contributed by atoms with van der Waals surface area (Å²) in [6, 6.07) is 0.806. The van der Waals surface area contributed by atoms with Crippen LogP contribution in [0.2, 0.25) is 0 Å². The summed E-state index contributed by atoms with van der Waals surface area (Å²) in [7, 11) is -0.110. The zero-order valence-corrected chi connectivity index (χ0v) is 19.7. The van der Waals surface area contributed by atoms with Crippen molar-refractivity contribution >= 4 is 7.92 Å². The van der Waals surface area contributed by atoms with Gasteiger partial charge in [-0.3, -0.25) is 0 Å². The molecule has 0 aromatic heterocycles. The zero-order valence-electron chi connectivity index (χ0n) is 16.4. The van der Waals surface area contributed by atoms with E-state index in [1.807, 2.05) is 0 Å². The summed E-state index contributed by atoms with van der Waals surface area (Å²) in [5.74, 6) is 0.287. The number of hydrogen-bond donors (Lipinski definition) is 0. The standard InChI is InChI=1S/C19H39N2P.Zr/c1-7-12-17(8-2)22(18-13-10-9-11-14-18)19(20-15(3)4)21-16(5)6;/h15-19H,7-14H2,1-6H3;/q-2;+2. The van der Waals surface area contributed by atoms with E-state index < -0.39 is 0 Å². The van der Waals surface area contributed by atoms with Crippen molar-refractivity contribution < 1.29 is 26.2 Å². The molecule has 1 fully saturated rings. The molecule has 0 bridgehead atoms. The van der Waals surface area contributed by atoms with Gasteiger partial charge in [0.15, 0.2) is 0 Å². The van der Waals surface area contributed by atoms with Crippen LogP contribution in [0, 0.1) is 0 Å². The van der Waals surface area contributed by atoms with Gasteiger partial charge in [-0.25, -0.2) is 5.91 Å². The fourth-order valence-electron chi connectivity index (χ4n) is 3.68. The summed E-state index contributed by atoms with van der Waals surface area (Å²) in [5, 5.41) is 10.2. The first-order valence-corrected chi connectivity index (χ1v) is 11.2. The summed E-state index contributed by atoms with van der Waals surface area (Å²) in [5.41, 5.74) is 1.77. The van der Waals surface area contributed by atoms with E-state index in [1.54, 1.807) is 0 Å². The van der Waals surface area contributed by atoms with Crippen molar-refractivity contribution in [3.05, 3.63) is 10.6 Å². The molecular formula is C19H39N2PZr. The van der Waals surface area contributed by atoms with Gasteiger partial charge in [0, 0.05) is 0 Å². The first-order valence-electron chi connectivity index (χ1n) is 9.66. The van der Waals surface area contributed by atoms with Crippen LogP contribution in [0.5, 0.6) is 0 Å². The molecule has 1 saturated carbocycles. The monoisotopic (exact) mass is 416 g/mol. The molecule has 0 N–H and O–H groups in total. The molecule has 1 aliphatic rings. The fraction of sp³-hybridized carbons (Fsp3) is 1.00. The van der Waals surface area contributed by atoms with Crippen molar-refractivity contribution in [1.29, 1.82) is 0 Å². The van der Waals surface area contributed by atoms with Gasteiger partial charge in [-0.15, -0.1) is 20.0 Å². The Labute approximate surface area is 166 Å². The maximum absolute atomic E-state index is 5.11. The Morgan fingerprint density at radius 2 is 1.43 bits per heavy atom. The zero-order chi connectivity index (χ0) is 16.5. The summed E-state index contributed by atoms with van der Waals surface area (Å²) >= 11 is 0. The van der Waals surface area contributed by atoms with E-state index in [0.29, 0.717) is 12.1 Å². The quantitative estimate of drug-likeness (QED) is 0.336. The van der Waals surface area contributed by atoms with Crippen LogP contribution in [0.3, 0.4) is 0 Å². The van der Waals surface area contributed by atoms with E-state index in [0.717, 1.165) is 11.3 Å². The Bertz CT molecular complexity index is 266. The Kier molecular flexibility index (Phi) is 14.2. The van der Waals surface area contributed by atoms with Crippen LogP contribution in [0.1, 0.15) is 92.9 Å². The normalized spacial score (nSPS) is 19.2. The molecule has 134 valence electrons. The van der Waals surface area contributed by atoms with Crippen LogP contribution in [0.15, 0.2) is 0 Å². The molecule has 0 saturated heterocycles. The Balaban J connectivity index is 0.00000484. The molecule has 0 amide bonds. The summed E-state index contributed by atoms with van der Waals surface area (Å²) in [4.78, 5) is 0. The van der Waals surface area contributed by atoms with Crippen molar-refractivity contribution in [3.8, 4) is 0 Å². The third-order valence-electron chi connectivity index (χ3n) is 4.64. The molecule has 1 aliphatic carbocycles.